The van der Waals surface area contributed by atoms with Gasteiger partial charge in [0.2, 0.25) is 0 Å². The van der Waals surface area contributed by atoms with Crippen LogP contribution in [0.5, 0.6) is 0 Å². The summed E-state index contributed by atoms with van der Waals surface area (Å²) in [5, 5.41) is 4.44. The lowest BCUT2D eigenvalue weighted by molar-refractivity contribution is 0.386. The zero-order chi connectivity index (χ0) is 12.5. The Morgan fingerprint density at radius 2 is 2.33 bits per heavy atom. The van der Waals surface area contributed by atoms with E-state index in [2.05, 4.69) is 21.0 Å². The molecule has 0 radical (unpaired) electrons. The number of nitrogens with zero attached hydrogens (tertiary/aromatic N) is 4. The highest BCUT2D eigenvalue weighted by atomic mass is 15.3. The average molecular weight is 245 g/mol. The van der Waals surface area contributed by atoms with Gasteiger partial charge in [0.1, 0.15) is 5.52 Å². The maximum absolute atomic E-state index is 5.74. The average Bonchev–Trinajstić information content (AvgIpc) is 2.66. The largest absolute Gasteiger partial charge is 0.351 e. The van der Waals surface area contributed by atoms with Gasteiger partial charge in [-0.15, -0.1) is 0 Å². The second-order valence-electron chi connectivity index (χ2n) is 4.93. The number of hydrogen-bond acceptors (Lipinski definition) is 4. The van der Waals surface area contributed by atoms with Crippen molar-refractivity contribution in [2.45, 2.75) is 32.2 Å². The molecule has 96 valence electrons. The first kappa shape index (κ1) is 11.5. The van der Waals surface area contributed by atoms with Crippen molar-refractivity contribution < 1.29 is 0 Å². The Balaban J connectivity index is 2.04. The summed E-state index contributed by atoms with van der Waals surface area (Å²) in [4.78, 5) is 6.90. The molecule has 1 aliphatic carbocycles. The SMILES string of the molecule is Cc1cc2c(N(CCN)C3CCC3)nccn2n1. The molecule has 1 fully saturated rings. The Morgan fingerprint density at radius 1 is 1.50 bits per heavy atom. The standard InChI is InChI=1S/C13H19N5/c1-10-9-12-13(15-6-8-18(12)16-10)17(7-5-14)11-3-2-4-11/h6,8-9,11H,2-5,7,14H2,1H3. The zero-order valence-corrected chi connectivity index (χ0v) is 10.7. The number of aromatic nitrogens is 3. The van der Waals surface area contributed by atoms with E-state index >= 15 is 0 Å². The molecule has 0 bridgehead atoms. The number of rotatable bonds is 4. The molecule has 5 nitrogen and oxygen atoms in total. The molecule has 18 heavy (non-hydrogen) atoms. The molecule has 0 amide bonds. The number of nitrogens with two attached hydrogens (primary N) is 1. The highest BCUT2D eigenvalue weighted by Gasteiger charge is 2.26. The molecule has 2 N–H and O–H groups in total. The molecule has 2 heterocycles. The van der Waals surface area contributed by atoms with Crippen molar-refractivity contribution in [2.75, 3.05) is 18.0 Å². The normalized spacial score (nSPS) is 15.9. The summed E-state index contributed by atoms with van der Waals surface area (Å²) in [5.74, 6) is 1.02. The molecule has 0 unspecified atom stereocenters. The molecule has 3 rings (SSSR count). The van der Waals surface area contributed by atoms with E-state index in [1.165, 1.54) is 19.3 Å². The highest BCUT2D eigenvalue weighted by Crippen LogP contribution is 2.30. The van der Waals surface area contributed by atoms with Gasteiger partial charge in [-0.25, -0.2) is 9.50 Å². The predicted molar refractivity (Wildman–Crippen MR) is 71.8 cm³/mol. The van der Waals surface area contributed by atoms with Gasteiger partial charge in [0.15, 0.2) is 5.82 Å². The minimum absolute atomic E-state index is 0.599. The third-order valence-electron chi connectivity index (χ3n) is 3.65. The Labute approximate surface area is 107 Å². The van der Waals surface area contributed by atoms with Crippen LogP contribution < -0.4 is 10.6 Å². The molecule has 0 saturated heterocycles. The fourth-order valence-electron chi connectivity index (χ4n) is 2.55. The highest BCUT2D eigenvalue weighted by molar-refractivity contribution is 5.69. The fraction of sp³-hybridized carbons (Fsp3) is 0.538. The van der Waals surface area contributed by atoms with Crippen LogP contribution in [0.25, 0.3) is 5.52 Å². The predicted octanol–water partition coefficient (Wildman–Crippen LogP) is 1.36. The molecule has 0 aromatic carbocycles. The second kappa shape index (κ2) is 4.57. The van der Waals surface area contributed by atoms with Gasteiger partial charge in [-0.05, 0) is 32.3 Å². The topological polar surface area (TPSA) is 59.5 Å². The van der Waals surface area contributed by atoms with Crippen LogP contribution in [0, 0.1) is 6.92 Å². The summed E-state index contributed by atoms with van der Waals surface area (Å²) in [6.45, 7) is 3.53. The first-order chi connectivity index (χ1) is 8.79. The van der Waals surface area contributed by atoms with Gasteiger partial charge in [0, 0.05) is 31.5 Å². The van der Waals surface area contributed by atoms with E-state index in [1.54, 1.807) is 0 Å². The van der Waals surface area contributed by atoms with Crippen molar-refractivity contribution in [2.24, 2.45) is 5.73 Å². The van der Waals surface area contributed by atoms with E-state index in [1.807, 2.05) is 23.8 Å². The van der Waals surface area contributed by atoms with Crippen molar-refractivity contribution >= 4 is 11.3 Å². The summed E-state index contributed by atoms with van der Waals surface area (Å²) >= 11 is 0. The van der Waals surface area contributed by atoms with Crippen molar-refractivity contribution in [1.82, 2.24) is 14.6 Å². The van der Waals surface area contributed by atoms with E-state index < -0.39 is 0 Å². The minimum atomic E-state index is 0.599. The van der Waals surface area contributed by atoms with Crippen molar-refractivity contribution in [3.8, 4) is 0 Å². The first-order valence-electron chi connectivity index (χ1n) is 6.57. The van der Waals surface area contributed by atoms with E-state index in [-0.39, 0.29) is 0 Å². The summed E-state index contributed by atoms with van der Waals surface area (Å²) in [6, 6.07) is 2.69. The van der Waals surface area contributed by atoms with E-state index in [0.29, 0.717) is 12.6 Å². The van der Waals surface area contributed by atoms with Crippen LogP contribution in [0.1, 0.15) is 25.0 Å². The molecule has 2 aromatic rings. The molecule has 0 spiro atoms. The van der Waals surface area contributed by atoms with E-state index in [9.17, 15) is 0 Å². The van der Waals surface area contributed by atoms with Crippen LogP contribution in [0.3, 0.4) is 0 Å². The van der Waals surface area contributed by atoms with Crippen LogP contribution in [0.15, 0.2) is 18.5 Å². The molecule has 2 aromatic heterocycles. The molecule has 5 heteroatoms. The summed E-state index contributed by atoms with van der Waals surface area (Å²) in [7, 11) is 0. The van der Waals surface area contributed by atoms with Crippen molar-refractivity contribution in [1.29, 1.82) is 0 Å². The van der Waals surface area contributed by atoms with Crippen molar-refractivity contribution in [3.05, 3.63) is 24.2 Å². The maximum atomic E-state index is 5.74. The number of fused-ring (bicyclic) bond motifs is 1. The van der Waals surface area contributed by atoms with Gasteiger partial charge in [-0.1, -0.05) is 0 Å². The molecule has 1 saturated carbocycles. The number of hydrogen-bond donors (Lipinski definition) is 1. The molecular weight excluding hydrogens is 226 g/mol. The van der Waals surface area contributed by atoms with Crippen LogP contribution in [-0.4, -0.2) is 33.7 Å². The Bertz CT molecular complexity index is 543. The van der Waals surface area contributed by atoms with E-state index in [4.69, 9.17) is 5.73 Å². The number of anilines is 1. The lowest BCUT2D eigenvalue weighted by Crippen LogP contribution is -2.43. The Kier molecular flexibility index (Phi) is 2.91. The second-order valence-corrected chi connectivity index (χ2v) is 4.93. The first-order valence-corrected chi connectivity index (χ1v) is 6.57. The van der Waals surface area contributed by atoms with Gasteiger partial charge < -0.3 is 10.6 Å². The van der Waals surface area contributed by atoms with Crippen LogP contribution >= 0.6 is 0 Å². The molecular formula is C13H19N5. The zero-order valence-electron chi connectivity index (χ0n) is 10.7. The van der Waals surface area contributed by atoms with Gasteiger partial charge in [-0.2, -0.15) is 5.10 Å². The van der Waals surface area contributed by atoms with Gasteiger partial charge in [-0.3, -0.25) is 0 Å². The monoisotopic (exact) mass is 245 g/mol. The van der Waals surface area contributed by atoms with Crippen LogP contribution in [-0.2, 0) is 0 Å². The fourth-order valence-corrected chi connectivity index (χ4v) is 2.55. The van der Waals surface area contributed by atoms with E-state index in [0.717, 1.165) is 23.6 Å². The summed E-state index contributed by atoms with van der Waals surface area (Å²) in [5.41, 5.74) is 7.84. The minimum Gasteiger partial charge on any atom is -0.351 e. The lowest BCUT2D eigenvalue weighted by Gasteiger charge is -2.38. The van der Waals surface area contributed by atoms with Crippen LogP contribution in [0.4, 0.5) is 5.82 Å². The third-order valence-corrected chi connectivity index (χ3v) is 3.65. The molecule has 1 aliphatic rings. The van der Waals surface area contributed by atoms with Gasteiger partial charge >= 0.3 is 0 Å². The summed E-state index contributed by atoms with van der Waals surface area (Å²) < 4.78 is 1.90. The molecule has 0 atom stereocenters. The van der Waals surface area contributed by atoms with Gasteiger partial charge in [0.05, 0.1) is 5.69 Å². The maximum Gasteiger partial charge on any atom is 0.154 e. The number of aryl methyl sites for hydroxylation is 1. The Hall–Kier alpha value is -1.62. The van der Waals surface area contributed by atoms with Gasteiger partial charge in [0.25, 0.3) is 0 Å². The van der Waals surface area contributed by atoms with Crippen LogP contribution in [0.2, 0.25) is 0 Å². The quantitative estimate of drug-likeness (QED) is 0.883. The Morgan fingerprint density at radius 3 is 3.00 bits per heavy atom. The molecule has 0 aliphatic heterocycles. The lowest BCUT2D eigenvalue weighted by atomic mass is 9.91. The summed E-state index contributed by atoms with van der Waals surface area (Å²) in [6.07, 6.45) is 7.52. The smallest absolute Gasteiger partial charge is 0.154 e. The van der Waals surface area contributed by atoms with Crippen molar-refractivity contribution in [3.63, 3.8) is 0 Å². The third kappa shape index (κ3) is 1.84.